The van der Waals surface area contributed by atoms with Crippen LogP contribution in [0.1, 0.15) is 0 Å². The molecule has 25 heavy (non-hydrogen) atoms. The topological polar surface area (TPSA) is 64.6 Å². The average molecular weight is 357 g/mol. The predicted octanol–water partition coefficient (Wildman–Crippen LogP) is 3.72. The quantitative estimate of drug-likeness (QED) is 0.483. The van der Waals surface area contributed by atoms with Crippen LogP contribution in [0.25, 0.3) is 11.1 Å². The minimum Gasteiger partial charge on any atom is -0.466 e. The van der Waals surface area contributed by atoms with Gasteiger partial charge in [-0.3, -0.25) is 0 Å². The van der Waals surface area contributed by atoms with Crippen LogP contribution < -0.4 is 5.32 Å². The molecule has 0 amide bonds. The summed E-state index contributed by atoms with van der Waals surface area (Å²) in [7, 11) is 2.49. The van der Waals surface area contributed by atoms with Gasteiger partial charge in [-0.2, -0.15) is 0 Å². The zero-order valence-electron chi connectivity index (χ0n) is 14.2. The highest BCUT2D eigenvalue weighted by Crippen LogP contribution is 2.30. The highest BCUT2D eigenvalue weighted by Gasteiger charge is 2.13. The molecule has 0 atom stereocenters. The lowest BCUT2D eigenvalue weighted by Gasteiger charge is -2.11. The zero-order chi connectivity index (χ0) is 18.2. The molecule has 2 rings (SSSR count). The van der Waals surface area contributed by atoms with Gasteiger partial charge in [0.15, 0.2) is 0 Å². The largest absolute Gasteiger partial charge is 0.466 e. The van der Waals surface area contributed by atoms with Crippen molar-refractivity contribution in [3.63, 3.8) is 0 Å². The van der Waals surface area contributed by atoms with Gasteiger partial charge in [0.2, 0.25) is 0 Å². The fourth-order valence-electron chi connectivity index (χ4n) is 2.20. The average Bonchev–Trinajstić information content (AvgIpc) is 2.67. The van der Waals surface area contributed by atoms with Crippen LogP contribution in [-0.2, 0) is 19.1 Å². The van der Waals surface area contributed by atoms with Gasteiger partial charge in [0, 0.05) is 10.6 Å². The van der Waals surface area contributed by atoms with Crippen molar-refractivity contribution in [2.75, 3.05) is 25.8 Å². The fourth-order valence-corrected chi connectivity index (χ4v) is 2.82. The van der Waals surface area contributed by atoms with Crippen LogP contribution in [0.15, 0.2) is 65.2 Å². The molecule has 0 saturated heterocycles. The van der Waals surface area contributed by atoms with E-state index in [1.807, 2.05) is 42.7 Å². The lowest BCUT2D eigenvalue weighted by atomic mass is 10.1. The lowest BCUT2D eigenvalue weighted by Crippen LogP contribution is -2.15. The maximum atomic E-state index is 11.8. The molecule has 0 aromatic heterocycles. The number of benzene rings is 2. The molecule has 0 aliphatic carbocycles. The SMILES string of the molecule is COC(=O)/C=C(/Nc1ccc(-c2ccccc2SC)cc1)C(=O)OC. The Kier molecular flexibility index (Phi) is 6.65. The first kappa shape index (κ1) is 18.6. The number of carbonyl (C=O) groups excluding carboxylic acids is 2. The van der Waals surface area contributed by atoms with Crippen molar-refractivity contribution in [3.05, 3.63) is 60.3 Å². The van der Waals surface area contributed by atoms with Crippen molar-refractivity contribution in [1.29, 1.82) is 0 Å². The highest BCUT2D eigenvalue weighted by atomic mass is 32.2. The van der Waals surface area contributed by atoms with E-state index in [1.165, 1.54) is 19.1 Å². The van der Waals surface area contributed by atoms with Gasteiger partial charge in [-0.25, -0.2) is 9.59 Å². The Morgan fingerprint density at radius 1 is 1.00 bits per heavy atom. The van der Waals surface area contributed by atoms with Crippen molar-refractivity contribution < 1.29 is 19.1 Å². The molecule has 0 aliphatic heterocycles. The Balaban J connectivity index is 2.25. The van der Waals surface area contributed by atoms with E-state index in [1.54, 1.807) is 11.8 Å². The number of methoxy groups -OCH3 is 2. The summed E-state index contributed by atoms with van der Waals surface area (Å²) in [6.07, 6.45) is 3.10. The van der Waals surface area contributed by atoms with Gasteiger partial charge < -0.3 is 14.8 Å². The summed E-state index contributed by atoms with van der Waals surface area (Å²) < 4.78 is 9.22. The molecule has 0 saturated carbocycles. The van der Waals surface area contributed by atoms with Crippen molar-refractivity contribution in [2.24, 2.45) is 0 Å². The minimum atomic E-state index is -0.651. The van der Waals surface area contributed by atoms with Gasteiger partial charge >= 0.3 is 11.9 Å². The smallest absolute Gasteiger partial charge is 0.354 e. The summed E-state index contributed by atoms with van der Waals surface area (Å²) in [6, 6.07) is 15.7. The van der Waals surface area contributed by atoms with Crippen molar-refractivity contribution in [3.8, 4) is 11.1 Å². The Hall–Kier alpha value is -2.73. The van der Waals surface area contributed by atoms with Crippen molar-refractivity contribution in [2.45, 2.75) is 4.90 Å². The van der Waals surface area contributed by atoms with Crippen molar-refractivity contribution >= 4 is 29.4 Å². The molecule has 0 fully saturated rings. The number of thioether (sulfide) groups is 1. The van der Waals surface area contributed by atoms with Crippen molar-refractivity contribution in [1.82, 2.24) is 0 Å². The standard InChI is InChI=1S/C19H19NO4S/c1-23-18(21)12-16(19(22)24-2)20-14-10-8-13(9-11-14)15-6-4-5-7-17(15)25-3/h4-12,20H,1-3H3/b16-12+. The van der Waals surface area contributed by atoms with E-state index < -0.39 is 11.9 Å². The molecule has 2 aromatic carbocycles. The Morgan fingerprint density at radius 3 is 2.28 bits per heavy atom. The number of hydrogen-bond donors (Lipinski definition) is 1. The van der Waals surface area contributed by atoms with Gasteiger partial charge in [-0.1, -0.05) is 30.3 Å². The molecule has 0 radical (unpaired) electrons. The van der Waals surface area contributed by atoms with E-state index >= 15 is 0 Å². The first-order valence-electron chi connectivity index (χ1n) is 7.47. The Bertz CT molecular complexity index is 784. The third-order valence-corrected chi connectivity index (χ3v) is 4.25. The van der Waals surface area contributed by atoms with Gasteiger partial charge in [-0.15, -0.1) is 11.8 Å². The molecular formula is C19H19NO4S. The number of hydrogen-bond acceptors (Lipinski definition) is 6. The minimum absolute atomic E-state index is 0.00612. The number of esters is 2. The molecule has 5 nitrogen and oxygen atoms in total. The normalized spacial score (nSPS) is 10.9. The van der Waals surface area contributed by atoms with Gasteiger partial charge in [0.05, 0.1) is 20.3 Å². The van der Waals surface area contributed by atoms with Crippen LogP contribution in [0.3, 0.4) is 0 Å². The zero-order valence-corrected chi connectivity index (χ0v) is 15.1. The second-order valence-electron chi connectivity index (χ2n) is 4.98. The predicted molar refractivity (Wildman–Crippen MR) is 99.4 cm³/mol. The monoisotopic (exact) mass is 357 g/mol. The van der Waals surface area contributed by atoms with E-state index in [9.17, 15) is 9.59 Å². The van der Waals surface area contributed by atoms with E-state index in [0.29, 0.717) is 5.69 Å². The number of carbonyl (C=O) groups is 2. The molecule has 2 aromatic rings. The first-order chi connectivity index (χ1) is 12.1. The molecule has 0 aliphatic rings. The molecule has 6 heteroatoms. The summed E-state index contributed by atoms with van der Waals surface area (Å²) >= 11 is 1.68. The molecule has 1 N–H and O–H groups in total. The highest BCUT2D eigenvalue weighted by molar-refractivity contribution is 7.98. The number of anilines is 1. The molecule has 0 spiro atoms. The molecule has 130 valence electrons. The van der Waals surface area contributed by atoms with E-state index in [4.69, 9.17) is 0 Å². The summed E-state index contributed by atoms with van der Waals surface area (Å²) in [5.74, 6) is -1.29. The molecular weight excluding hydrogens is 338 g/mol. The van der Waals surface area contributed by atoms with Gasteiger partial charge in [0.25, 0.3) is 0 Å². The second-order valence-corrected chi connectivity index (χ2v) is 5.82. The lowest BCUT2D eigenvalue weighted by molar-refractivity contribution is -0.138. The van der Waals surface area contributed by atoms with Gasteiger partial charge in [-0.05, 0) is 35.6 Å². The fraction of sp³-hybridized carbons (Fsp3) is 0.158. The number of ether oxygens (including phenoxy) is 2. The first-order valence-corrected chi connectivity index (χ1v) is 8.70. The van der Waals surface area contributed by atoms with Crippen LogP contribution in [0.4, 0.5) is 5.69 Å². The maximum absolute atomic E-state index is 11.8. The van der Waals surface area contributed by atoms with E-state index in [-0.39, 0.29) is 5.70 Å². The van der Waals surface area contributed by atoms with E-state index in [0.717, 1.165) is 17.2 Å². The third-order valence-electron chi connectivity index (χ3n) is 3.45. The summed E-state index contributed by atoms with van der Waals surface area (Å²) in [6.45, 7) is 0. The van der Waals surface area contributed by atoms with Crippen LogP contribution in [0.5, 0.6) is 0 Å². The summed E-state index contributed by atoms with van der Waals surface area (Å²) in [5, 5.41) is 2.88. The van der Waals surface area contributed by atoms with Gasteiger partial charge in [0.1, 0.15) is 5.70 Å². The molecule has 0 bridgehead atoms. The number of rotatable bonds is 6. The Morgan fingerprint density at radius 2 is 1.68 bits per heavy atom. The van der Waals surface area contributed by atoms with Crippen LogP contribution in [-0.4, -0.2) is 32.4 Å². The summed E-state index contributed by atoms with van der Waals surface area (Å²) in [4.78, 5) is 24.4. The molecule has 0 unspecified atom stereocenters. The second kappa shape index (κ2) is 8.94. The Labute approximate surface area is 151 Å². The maximum Gasteiger partial charge on any atom is 0.354 e. The number of nitrogens with one attached hydrogen (secondary N) is 1. The van der Waals surface area contributed by atoms with Crippen LogP contribution in [0, 0.1) is 0 Å². The molecule has 0 heterocycles. The van der Waals surface area contributed by atoms with E-state index in [2.05, 4.69) is 26.9 Å². The van der Waals surface area contributed by atoms with Crippen LogP contribution >= 0.6 is 11.8 Å². The van der Waals surface area contributed by atoms with Crippen LogP contribution in [0.2, 0.25) is 0 Å². The third kappa shape index (κ3) is 4.87. The summed E-state index contributed by atoms with van der Waals surface area (Å²) in [5.41, 5.74) is 2.87.